The van der Waals surface area contributed by atoms with Gasteiger partial charge >= 0.3 is 17.9 Å². The number of carboxylic acids is 3. The Kier molecular flexibility index (Phi) is 21.8. The molecule has 0 aliphatic carbocycles. The molecule has 0 bridgehead atoms. The maximum absolute atomic E-state index is 11.8. The van der Waals surface area contributed by atoms with Crippen molar-refractivity contribution in [2.75, 3.05) is 6.54 Å². The molecule has 0 heterocycles. The van der Waals surface area contributed by atoms with Gasteiger partial charge in [-0.05, 0) is 59.3 Å². The Morgan fingerprint density at radius 1 is 0.513 bits per heavy atom. The van der Waals surface area contributed by atoms with E-state index >= 15 is 0 Å². The van der Waals surface area contributed by atoms with Crippen molar-refractivity contribution in [1.82, 2.24) is 0 Å². The topological polar surface area (TPSA) is 112 Å². The van der Waals surface area contributed by atoms with E-state index in [1.54, 1.807) is 0 Å². The lowest BCUT2D eigenvalue weighted by Crippen LogP contribution is -2.70. The largest absolute Gasteiger partial charge is 0.477 e. The van der Waals surface area contributed by atoms with Gasteiger partial charge in [0.2, 0.25) is 0 Å². The fourth-order valence-electron chi connectivity index (χ4n) is 5.72. The molecule has 0 aliphatic rings. The van der Waals surface area contributed by atoms with Gasteiger partial charge in [-0.2, -0.15) is 0 Å². The number of allylic oxidation sites excluding steroid dienone is 2. The molecule has 0 aromatic heterocycles. The van der Waals surface area contributed by atoms with Crippen molar-refractivity contribution in [3.05, 3.63) is 12.2 Å². The Balaban J connectivity index is 4.05. The van der Waals surface area contributed by atoms with Gasteiger partial charge in [0.05, 0.1) is 6.54 Å². The molecular formula is C32H60NO6+. The van der Waals surface area contributed by atoms with E-state index in [1.807, 2.05) is 0 Å². The van der Waals surface area contributed by atoms with Crippen molar-refractivity contribution < 1.29 is 34.2 Å². The van der Waals surface area contributed by atoms with Gasteiger partial charge in [-0.25, -0.2) is 14.4 Å². The zero-order chi connectivity index (χ0) is 29.5. The predicted molar refractivity (Wildman–Crippen MR) is 159 cm³/mol. The van der Waals surface area contributed by atoms with Crippen LogP contribution >= 0.6 is 0 Å². The van der Waals surface area contributed by atoms with Gasteiger partial charge < -0.3 is 15.3 Å². The summed E-state index contributed by atoms with van der Waals surface area (Å²) in [7, 11) is 0. The second-order valence-electron chi connectivity index (χ2n) is 11.5. The minimum absolute atomic E-state index is 0.224. The number of aliphatic carboxylic acids is 3. The number of unbranched alkanes of at least 4 members (excludes halogenated alkanes) is 17. The zero-order valence-corrected chi connectivity index (χ0v) is 25.5. The van der Waals surface area contributed by atoms with E-state index < -0.39 is 40.5 Å². The van der Waals surface area contributed by atoms with Crippen molar-refractivity contribution in [3.8, 4) is 0 Å². The van der Waals surface area contributed by atoms with Crippen molar-refractivity contribution in [3.63, 3.8) is 0 Å². The van der Waals surface area contributed by atoms with Crippen LogP contribution in [-0.4, -0.2) is 62.4 Å². The second kappa shape index (κ2) is 22.9. The summed E-state index contributed by atoms with van der Waals surface area (Å²) < 4.78 is -0.478. The highest BCUT2D eigenvalue weighted by molar-refractivity contribution is 5.77. The third-order valence-corrected chi connectivity index (χ3v) is 8.54. The summed E-state index contributed by atoms with van der Waals surface area (Å²) in [6.07, 6.45) is 27.7. The summed E-state index contributed by atoms with van der Waals surface area (Å²) in [6.45, 7) is 6.76. The van der Waals surface area contributed by atoms with Gasteiger partial charge in [0.25, 0.3) is 0 Å². The number of rotatable bonds is 27. The maximum atomic E-state index is 11.8. The predicted octanol–water partition coefficient (Wildman–Crippen LogP) is 8.21. The summed E-state index contributed by atoms with van der Waals surface area (Å²) in [5, 5.41) is 28.9. The number of quaternary nitrogens is 1. The summed E-state index contributed by atoms with van der Waals surface area (Å²) in [4.78, 5) is 35.4. The first-order chi connectivity index (χ1) is 18.6. The summed E-state index contributed by atoms with van der Waals surface area (Å²) in [6, 6.07) is -3.37. The van der Waals surface area contributed by atoms with Crippen LogP contribution in [0.2, 0.25) is 0 Å². The van der Waals surface area contributed by atoms with E-state index in [1.165, 1.54) is 117 Å². The van der Waals surface area contributed by atoms with E-state index in [2.05, 4.69) is 19.1 Å². The Morgan fingerprint density at radius 3 is 1.10 bits per heavy atom. The SMILES string of the molecule is CCCCCCCCC/C=C/CCCCCCCCCCCC[N+](C(C)C(=O)O)(C(C)C(=O)O)C(C)C(=O)O. The lowest BCUT2D eigenvalue weighted by Gasteiger charge is -2.47. The Morgan fingerprint density at radius 2 is 0.795 bits per heavy atom. The number of hydrogen-bond donors (Lipinski definition) is 3. The Labute approximate surface area is 238 Å². The third-order valence-electron chi connectivity index (χ3n) is 8.54. The number of carbonyl (C=O) groups is 3. The Bertz CT molecular complexity index is 642. The van der Waals surface area contributed by atoms with Crippen LogP contribution in [-0.2, 0) is 14.4 Å². The van der Waals surface area contributed by atoms with Crippen LogP contribution in [0.25, 0.3) is 0 Å². The molecule has 0 aromatic carbocycles. The first-order valence-electron chi connectivity index (χ1n) is 15.8. The summed E-state index contributed by atoms with van der Waals surface area (Å²) in [5.41, 5.74) is 0. The quantitative estimate of drug-likeness (QED) is 0.0536. The Hall–Kier alpha value is -1.89. The average Bonchev–Trinajstić information content (AvgIpc) is 2.90. The lowest BCUT2D eigenvalue weighted by atomic mass is 10.00. The van der Waals surface area contributed by atoms with E-state index in [0.717, 1.165) is 19.3 Å². The van der Waals surface area contributed by atoms with Gasteiger partial charge in [-0.1, -0.05) is 103 Å². The molecule has 0 amide bonds. The van der Waals surface area contributed by atoms with Crippen molar-refractivity contribution in [1.29, 1.82) is 0 Å². The number of nitrogens with zero attached hydrogens (tertiary/aromatic N) is 1. The first kappa shape index (κ1) is 37.1. The molecule has 3 N–H and O–H groups in total. The highest BCUT2D eigenvalue weighted by Gasteiger charge is 2.52. The summed E-state index contributed by atoms with van der Waals surface area (Å²) >= 11 is 0. The fraction of sp³-hybridized carbons (Fsp3) is 0.844. The molecule has 0 radical (unpaired) electrons. The normalized spacial score (nSPS) is 15.6. The average molecular weight is 555 g/mol. The van der Waals surface area contributed by atoms with Crippen LogP contribution in [0.1, 0.15) is 150 Å². The molecule has 7 heteroatoms. The number of hydrogen-bond acceptors (Lipinski definition) is 3. The first-order valence-corrected chi connectivity index (χ1v) is 15.8. The highest BCUT2D eigenvalue weighted by atomic mass is 16.4. The molecule has 0 aliphatic heterocycles. The second-order valence-corrected chi connectivity index (χ2v) is 11.5. The van der Waals surface area contributed by atoms with Crippen LogP contribution in [0, 0.1) is 0 Å². The lowest BCUT2D eigenvalue weighted by molar-refractivity contribution is -0.968. The molecule has 3 unspecified atom stereocenters. The van der Waals surface area contributed by atoms with E-state index in [0.29, 0.717) is 6.42 Å². The monoisotopic (exact) mass is 554 g/mol. The van der Waals surface area contributed by atoms with Gasteiger partial charge in [-0.3, -0.25) is 4.48 Å². The van der Waals surface area contributed by atoms with Gasteiger partial charge in [-0.15, -0.1) is 0 Å². The minimum Gasteiger partial charge on any atom is -0.477 e. The number of carboxylic acid groups (broad SMARTS) is 3. The van der Waals surface area contributed by atoms with E-state index in [-0.39, 0.29) is 6.54 Å². The van der Waals surface area contributed by atoms with Crippen molar-refractivity contribution in [2.45, 2.75) is 168 Å². The smallest absolute Gasteiger partial charge is 0.362 e. The van der Waals surface area contributed by atoms with Crippen LogP contribution in [0.15, 0.2) is 12.2 Å². The fourth-order valence-corrected chi connectivity index (χ4v) is 5.72. The third kappa shape index (κ3) is 15.5. The zero-order valence-electron chi connectivity index (χ0n) is 25.5. The van der Waals surface area contributed by atoms with Crippen LogP contribution in [0.3, 0.4) is 0 Å². The minimum atomic E-state index is -1.17. The van der Waals surface area contributed by atoms with Gasteiger partial charge in [0.15, 0.2) is 18.1 Å². The molecule has 0 rings (SSSR count). The van der Waals surface area contributed by atoms with Gasteiger partial charge in [0.1, 0.15) is 0 Å². The molecule has 39 heavy (non-hydrogen) atoms. The molecule has 0 saturated heterocycles. The molecule has 0 spiro atoms. The van der Waals surface area contributed by atoms with Crippen molar-refractivity contribution in [2.24, 2.45) is 0 Å². The molecule has 0 aromatic rings. The highest BCUT2D eigenvalue weighted by Crippen LogP contribution is 2.27. The molecular weight excluding hydrogens is 494 g/mol. The van der Waals surface area contributed by atoms with E-state index in [4.69, 9.17) is 0 Å². The van der Waals surface area contributed by atoms with Gasteiger partial charge in [0, 0.05) is 0 Å². The standard InChI is InChI=1S/C32H59NO6/c1-5-6-7-8-9-10-11-12-13-14-15-16-17-18-19-20-21-22-23-24-25-26-33(27(2)30(34)35,28(3)31(36)37)29(4)32(38)39/h13-14,27-29H,5-12,15-26H2,1-4H3,(H2-,34,35,36,37,38,39)/p+1/b14-13+. The van der Waals surface area contributed by atoms with Crippen molar-refractivity contribution >= 4 is 17.9 Å². The molecule has 3 atom stereocenters. The summed E-state index contributed by atoms with van der Waals surface area (Å²) in [5.74, 6) is -3.51. The van der Waals surface area contributed by atoms with Crippen LogP contribution in [0.4, 0.5) is 0 Å². The molecule has 0 fully saturated rings. The molecule has 7 nitrogen and oxygen atoms in total. The van der Waals surface area contributed by atoms with Crippen LogP contribution < -0.4 is 0 Å². The molecule has 0 saturated carbocycles. The van der Waals surface area contributed by atoms with Crippen LogP contribution in [0.5, 0.6) is 0 Å². The molecule has 228 valence electrons. The van der Waals surface area contributed by atoms with E-state index in [9.17, 15) is 29.7 Å². The maximum Gasteiger partial charge on any atom is 0.362 e.